The number of fused-ring (bicyclic) bond motifs is 3. The molecule has 0 radical (unpaired) electrons. The molecule has 0 saturated carbocycles. The van der Waals surface area contributed by atoms with Crippen molar-refractivity contribution in [3.8, 4) is 11.1 Å². The molecular formula is C27H23BrN2O5. The van der Waals surface area contributed by atoms with Gasteiger partial charge >= 0.3 is 12.1 Å². The van der Waals surface area contributed by atoms with Gasteiger partial charge in [0.1, 0.15) is 6.61 Å². The Bertz CT molecular complexity index is 1290. The topological polar surface area (TPSA) is 105 Å². The Morgan fingerprint density at radius 2 is 1.63 bits per heavy atom. The molecule has 0 heterocycles. The van der Waals surface area contributed by atoms with Crippen molar-refractivity contribution in [3.63, 3.8) is 0 Å². The van der Waals surface area contributed by atoms with Crippen LogP contribution in [0.15, 0.2) is 82.9 Å². The minimum atomic E-state index is -1.04. The summed E-state index contributed by atoms with van der Waals surface area (Å²) >= 11 is 3.38. The lowest BCUT2D eigenvalue weighted by Crippen LogP contribution is -2.24. The molecule has 3 aromatic carbocycles. The van der Waals surface area contributed by atoms with Crippen LogP contribution in [0.4, 0.5) is 10.5 Å². The molecule has 3 aromatic rings. The summed E-state index contributed by atoms with van der Waals surface area (Å²) in [6.07, 6.45) is 0.778. The number of aliphatic carboxylic acids is 1. The van der Waals surface area contributed by atoms with Gasteiger partial charge in [0.05, 0.1) is 5.69 Å². The number of rotatable bonds is 7. The maximum absolute atomic E-state index is 12.6. The highest BCUT2D eigenvalue weighted by molar-refractivity contribution is 9.10. The van der Waals surface area contributed by atoms with Crippen LogP contribution in [0, 0.1) is 0 Å². The molecule has 0 fully saturated rings. The number of amides is 2. The van der Waals surface area contributed by atoms with E-state index in [0.717, 1.165) is 22.3 Å². The van der Waals surface area contributed by atoms with E-state index in [1.165, 1.54) is 19.1 Å². The van der Waals surface area contributed by atoms with E-state index in [4.69, 9.17) is 9.84 Å². The van der Waals surface area contributed by atoms with E-state index in [1.807, 2.05) is 36.4 Å². The summed E-state index contributed by atoms with van der Waals surface area (Å²) in [5.41, 5.74) is 5.36. The maximum Gasteiger partial charge on any atom is 0.411 e. The van der Waals surface area contributed by atoms with Crippen LogP contribution in [0.2, 0.25) is 0 Å². The largest absolute Gasteiger partial charge is 0.478 e. The number of halogens is 1. The van der Waals surface area contributed by atoms with Crippen molar-refractivity contribution in [2.75, 3.05) is 18.5 Å². The third-order valence-electron chi connectivity index (χ3n) is 5.82. The second-order valence-corrected chi connectivity index (χ2v) is 8.90. The molecule has 2 amide bonds. The van der Waals surface area contributed by atoms with E-state index in [0.29, 0.717) is 15.7 Å². The molecule has 0 atom stereocenters. The number of hydrogen-bond acceptors (Lipinski definition) is 4. The standard InChI is InChI=1S/C27H23BrN2O5/c1-16(26(32)33)12-13-29-25(31)17-10-11-23(28)24(14-17)30-27(34)35-15-22-20-8-4-2-6-18(20)19-7-3-5-9-21(19)22/h2-12,14,22H,13,15H2,1H3,(H,29,31)(H,30,34)(H,32,33)/b16-12+. The molecule has 8 heteroatoms. The van der Waals surface area contributed by atoms with E-state index in [-0.39, 0.29) is 24.6 Å². The fraction of sp³-hybridized carbons (Fsp3) is 0.148. The molecule has 1 aliphatic carbocycles. The quantitative estimate of drug-likeness (QED) is 0.343. The monoisotopic (exact) mass is 534 g/mol. The van der Waals surface area contributed by atoms with Crippen LogP contribution in [0.3, 0.4) is 0 Å². The fourth-order valence-electron chi connectivity index (χ4n) is 3.99. The zero-order valence-corrected chi connectivity index (χ0v) is 20.5. The lowest BCUT2D eigenvalue weighted by atomic mass is 9.98. The number of anilines is 1. The van der Waals surface area contributed by atoms with Gasteiger partial charge in [0.15, 0.2) is 0 Å². The summed E-state index contributed by atoms with van der Waals surface area (Å²) in [5.74, 6) is -1.50. The second-order valence-electron chi connectivity index (χ2n) is 8.05. The van der Waals surface area contributed by atoms with E-state index in [1.54, 1.807) is 12.1 Å². The summed E-state index contributed by atoms with van der Waals surface area (Å²) in [6.45, 7) is 1.69. The highest BCUT2D eigenvalue weighted by Gasteiger charge is 2.29. The van der Waals surface area contributed by atoms with E-state index in [9.17, 15) is 14.4 Å². The molecular weight excluding hydrogens is 512 g/mol. The van der Waals surface area contributed by atoms with Crippen LogP contribution in [0.25, 0.3) is 11.1 Å². The number of nitrogens with one attached hydrogen (secondary N) is 2. The van der Waals surface area contributed by atoms with Crippen LogP contribution in [-0.4, -0.2) is 36.2 Å². The third-order valence-corrected chi connectivity index (χ3v) is 6.51. The molecule has 35 heavy (non-hydrogen) atoms. The lowest BCUT2D eigenvalue weighted by Gasteiger charge is -2.15. The normalized spacial score (nSPS) is 12.5. The number of carbonyl (C=O) groups is 3. The predicted octanol–water partition coefficient (Wildman–Crippen LogP) is 5.57. The van der Waals surface area contributed by atoms with Gasteiger partial charge in [0.2, 0.25) is 0 Å². The maximum atomic E-state index is 12.6. The molecule has 0 unspecified atom stereocenters. The van der Waals surface area contributed by atoms with Crippen LogP contribution < -0.4 is 10.6 Å². The molecule has 0 aromatic heterocycles. The minimum absolute atomic E-state index is 0.0592. The lowest BCUT2D eigenvalue weighted by molar-refractivity contribution is -0.132. The molecule has 0 saturated heterocycles. The van der Waals surface area contributed by atoms with E-state index >= 15 is 0 Å². The van der Waals surface area contributed by atoms with E-state index in [2.05, 4.69) is 38.7 Å². The van der Waals surface area contributed by atoms with Crippen molar-refractivity contribution in [2.24, 2.45) is 0 Å². The Labute approximate surface area is 210 Å². The zero-order chi connectivity index (χ0) is 24.9. The molecule has 7 nitrogen and oxygen atoms in total. The van der Waals surface area contributed by atoms with Gasteiger partial charge in [-0.1, -0.05) is 54.6 Å². The van der Waals surface area contributed by atoms with Gasteiger partial charge in [-0.3, -0.25) is 10.1 Å². The average Bonchev–Trinajstić information content (AvgIpc) is 3.17. The van der Waals surface area contributed by atoms with Crippen molar-refractivity contribution < 1.29 is 24.2 Å². The van der Waals surface area contributed by atoms with Crippen LogP contribution in [-0.2, 0) is 9.53 Å². The molecule has 3 N–H and O–H groups in total. The first-order valence-corrected chi connectivity index (χ1v) is 11.7. The van der Waals surface area contributed by atoms with E-state index < -0.39 is 18.0 Å². The molecule has 1 aliphatic rings. The van der Waals surface area contributed by atoms with Gasteiger partial charge in [-0.05, 0) is 63.3 Å². The van der Waals surface area contributed by atoms with Crippen molar-refractivity contribution in [3.05, 3.63) is 99.5 Å². The van der Waals surface area contributed by atoms with Gasteiger partial charge < -0.3 is 15.2 Å². The van der Waals surface area contributed by atoms with Crippen molar-refractivity contribution in [1.29, 1.82) is 0 Å². The summed E-state index contributed by atoms with van der Waals surface area (Å²) < 4.78 is 6.17. The average molecular weight is 535 g/mol. The Hall–Kier alpha value is -3.91. The Morgan fingerprint density at radius 1 is 1.00 bits per heavy atom. The van der Waals surface area contributed by atoms with Crippen LogP contribution in [0.5, 0.6) is 0 Å². The van der Waals surface area contributed by atoms with Crippen molar-refractivity contribution >= 4 is 39.6 Å². The number of carboxylic acids is 1. The fourth-order valence-corrected chi connectivity index (χ4v) is 4.34. The van der Waals surface area contributed by atoms with Gasteiger partial charge in [0.25, 0.3) is 5.91 Å². The summed E-state index contributed by atoms with van der Waals surface area (Å²) in [6, 6.07) is 20.9. The van der Waals surface area contributed by atoms with Gasteiger partial charge in [-0.2, -0.15) is 0 Å². The highest BCUT2D eigenvalue weighted by Crippen LogP contribution is 2.44. The summed E-state index contributed by atoms with van der Waals surface area (Å²) in [5, 5.41) is 14.2. The van der Waals surface area contributed by atoms with Gasteiger partial charge in [0, 0.05) is 28.1 Å². The number of ether oxygens (including phenoxy) is 1. The smallest absolute Gasteiger partial charge is 0.411 e. The number of carbonyl (C=O) groups excluding carboxylic acids is 2. The molecule has 0 aliphatic heterocycles. The van der Waals surface area contributed by atoms with Crippen molar-refractivity contribution in [1.82, 2.24) is 5.32 Å². The first-order chi connectivity index (χ1) is 16.8. The first kappa shape index (κ1) is 24.2. The molecule has 0 bridgehead atoms. The Balaban J connectivity index is 1.40. The van der Waals surface area contributed by atoms with Crippen LogP contribution in [0.1, 0.15) is 34.3 Å². The SMILES string of the molecule is C/C(=C\CNC(=O)c1ccc(Br)c(NC(=O)OCC2c3ccccc3-c3ccccc32)c1)C(=O)O. The predicted molar refractivity (Wildman–Crippen MR) is 137 cm³/mol. The Morgan fingerprint density at radius 3 is 2.26 bits per heavy atom. The van der Waals surface area contributed by atoms with Crippen molar-refractivity contribution in [2.45, 2.75) is 12.8 Å². The second kappa shape index (κ2) is 10.6. The molecule has 4 rings (SSSR count). The zero-order valence-electron chi connectivity index (χ0n) is 18.9. The summed E-state index contributed by atoms with van der Waals surface area (Å²) in [4.78, 5) is 35.9. The number of carboxylic acid groups (broad SMARTS) is 1. The summed E-state index contributed by atoms with van der Waals surface area (Å²) in [7, 11) is 0. The Kier molecular flexibility index (Phi) is 7.31. The van der Waals surface area contributed by atoms with Crippen LogP contribution >= 0.6 is 15.9 Å². The highest BCUT2D eigenvalue weighted by atomic mass is 79.9. The third kappa shape index (κ3) is 5.44. The van der Waals surface area contributed by atoms with Gasteiger partial charge in [-0.25, -0.2) is 9.59 Å². The minimum Gasteiger partial charge on any atom is -0.478 e. The molecule has 0 spiro atoms. The number of benzene rings is 3. The molecule has 178 valence electrons. The van der Waals surface area contributed by atoms with Gasteiger partial charge in [-0.15, -0.1) is 0 Å². The first-order valence-electron chi connectivity index (χ1n) is 10.9. The number of hydrogen-bond donors (Lipinski definition) is 3.